The molecule has 0 heterocycles. The maximum atomic E-state index is 13.5. The summed E-state index contributed by atoms with van der Waals surface area (Å²) in [6.07, 6.45) is 0. The van der Waals surface area contributed by atoms with Crippen LogP contribution in [-0.2, 0) is 0 Å². The van der Waals surface area contributed by atoms with E-state index in [9.17, 15) is 4.39 Å². The van der Waals surface area contributed by atoms with E-state index in [1.807, 2.05) is 6.07 Å². The topological polar surface area (TPSA) is 33.0 Å². The highest BCUT2D eigenvalue weighted by molar-refractivity contribution is 5.91. The summed E-state index contributed by atoms with van der Waals surface area (Å²) in [7, 11) is 1.47. The number of fused-ring (bicyclic) bond motifs is 1. The SMILES string of the molecule is COc1c(C#N)cc(F)c2ccccc12. The molecule has 74 valence electrons. The Hall–Kier alpha value is -2.08. The molecule has 0 saturated heterocycles. The Morgan fingerprint density at radius 1 is 1.27 bits per heavy atom. The minimum atomic E-state index is -0.400. The van der Waals surface area contributed by atoms with Gasteiger partial charge in [0, 0.05) is 10.8 Å². The van der Waals surface area contributed by atoms with E-state index < -0.39 is 5.82 Å². The summed E-state index contributed by atoms with van der Waals surface area (Å²) < 4.78 is 18.7. The van der Waals surface area contributed by atoms with Crippen molar-refractivity contribution >= 4 is 10.8 Å². The van der Waals surface area contributed by atoms with Crippen LogP contribution in [0.25, 0.3) is 10.8 Å². The van der Waals surface area contributed by atoms with Crippen molar-refractivity contribution in [2.24, 2.45) is 0 Å². The molecule has 2 aromatic carbocycles. The molecule has 0 aliphatic heterocycles. The van der Waals surface area contributed by atoms with Gasteiger partial charge in [0.15, 0.2) is 0 Å². The molecule has 0 amide bonds. The predicted octanol–water partition coefficient (Wildman–Crippen LogP) is 2.86. The van der Waals surface area contributed by atoms with Crippen molar-refractivity contribution in [3.63, 3.8) is 0 Å². The van der Waals surface area contributed by atoms with Crippen molar-refractivity contribution in [2.75, 3.05) is 7.11 Å². The van der Waals surface area contributed by atoms with Gasteiger partial charge in [0.05, 0.1) is 12.7 Å². The fourth-order valence-corrected chi connectivity index (χ4v) is 1.61. The second-order valence-corrected chi connectivity index (χ2v) is 3.10. The van der Waals surface area contributed by atoms with Crippen molar-refractivity contribution in [1.82, 2.24) is 0 Å². The summed E-state index contributed by atoms with van der Waals surface area (Å²) in [6.45, 7) is 0. The van der Waals surface area contributed by atoms with Crippen LogP contribution in [-0.4, -0.2) is 7.11 Å². The van der Waals surface area contributed by atoms with Crippen LogP contribution in [0.5, 0.6) is 5.75 Å². The molecule has 0 spiro atoms. The summed E-state index contributed by atoms with van der Waals surface area (Å²) in [5, 5.41) is 9.92. The van der Waals surface area contributed by atoms with E-state index in [0.717, 1.165) is 0 Å². The summed E-state index contributed by atoms with van der Waals surface area (Å²) in [5.41, 5.74) is 0.216. The third-order valence-electron chi connectivity index (χ3n) is 2.27. The molecule has 15 heavy (non-hydrogen) atoms. The number of rotatable bonds is 1. The van der Waals surface area contributed by atoms with Crippen molar-refractivity contribution in [3.05, 3.63) is 41.7 Å². The highest BCUT2D eigenvalue weighted by Gasteiger charge is 2.11. The fraction of sp³-hybridized carbons (Fsp3) is 0.0833. The van der Waals surface area contributed by atoms with E-state index in [4.69, 9.17) is 10.00 Å². The molecule has 0 atom stereocenters. The Bertz CT molecular complexity index is 557. The van der Waals surface area contributed by atoms with Crippen molar-refractivity contribution < 1.29 is 9.13 Å². The maximum Gasteiger partial charge on any atom is 0.144 e. The zero-order chi connectivity index (χ0) is 10.8. The van der Waals surface area contributed by atoms with Crippen LogP contribution in [0.3, 0.4) is 0 Å². The van der Waals surface area contributed by atoms with Gasteiger partial charge >= 0.3 is 0 Å². The van der Waals surface area contributed by atoms with Gasteiger partial charge in [-0.1, -0.05) is 24.3 Å². The second kappa shape index (κ2) is 3.58. The number of hydrogen-bond acceptors (Lipinski definition) is 2. The van der Waals surface area contributed by atoms with Gasteiger partial charge in [0.2, 0.25) is 0 Å². The quantitative estimate of drug-likeness (QED) is 0.710. The monoisotopic (exact) mass is 201 g/mol. The van der Waals surface area contributed by atoms with Crippen LogP contribution in [0, 0.1) is 17.1 Å². The molecule has 0 aromatic heterocycles. The van der Waals surface area contributed by atoms with Crippen molar-refractivity contribution in [2.45, 2.75) is 0 Å². The summed E-state index contributed by atoms with van der Waals surface area (Å²) in [5.74, 6) is 0.0254. The Labute approximate surface area is 86.5 Å². The molecule has 3 heteroatoms. The number of halogens is 1. The lowest BCUT2D eigenvalue weighted by Crippen LogP contribution is -1.92. The third-order valence-corrected chi connectivity index (χ3v) is 2.27. The van der Waals surface area contributed by atoms with Gasteiger partial charge in [-0.05, 0) is 6.07 Å². The van der Waals surface area contributed by atoms with Crippen molar-refractivity contribution in [1.29, 1.82) is 5.26 Å². The first-order valence-corrected chi connectivity index (χ1v) is 4.43. The van der Waals surface area contributed by atoms with Gasteiger partial charge in [-0.2, -0.15) is 5.26 Å². The van der Waals surface area contributed by atoms with Gasteiger partial charge in [-0.15, -0.1) is 0 Å². The lowest BCUT2D eigenvalue weighted by molar-refractivity contribution is 0.418. The van der Waals surface area contributed by atoms with Gasteiger partial charge in [0.25, 0.3) is 0 Å². The van der Waals surface area contributed by atoms with Crippen LogP contribution in [0.1, 0.15) is 5.56 Å². The van der Waals surface area contributed by atoms with Crippen LogP contribution in [0.2, 0.25) is 0 Å². The highest BCUT2D eigenvalue weighted by Crippen LogP contribution is 2.31. The lowest BCUT2D eigenvalue weighted by atomic mass is 10.1. The third kappa shape index (κ3) is 1.40. The molecule has 0 saturated carbocycles. The molecule has 2 nitrogen and oxygen atoms in total. The molecule has 0 aliphatic carbocycles. The molecular formula is C12H8FNO. The predicted molar refractivity (Wildman–Crippen MR) is 55.2 cm³/mol. The zero-order valence-electron chi connectivity index (χ0n) is 8.12. The first-order valence-electron chi connectivity index (χ1n) is 4.43. The summed E-state index contributed by atoms with van der Waals surface area (Å²) in [4.78, 5) is 0. The largest absolute Gasteiger partial charge is 0.495 e. The maximum absolute atomic E-state index is 13.5. The van der Waals surface area contributed by atoms with E-state index in [0.29, 0.717) is 16.5 Å². The Morgan fingerprint density at radius 3 is 2.53 bits per heavy atom. The standard InChI is InChI=1S/C12H8FNO/c1-15-12-8(7-14)6-11(13)9-4-2-3-5-10(9)12/h2-6H,1H3. The average molecular weight is 201 g/mol. The molecule has 2 aromatic rings. The average Bonchev–Trinajstić information content (AvgIpc) is 2.29. The molecule has 0 unspecified atom stereocenters. The number of benzene rings is 2. The summed E-state index contributed by atoms with van der Waals surface area (Å²) in [6, 6.07) is 10.0. The molecule has 0 N–H and O–H groups in total. The molecule has 0 fully saturated rings. The van der Waals surface area contributed by atoms with Gasteiger partial charge < -0.3 is 4.74 Å². The number of methoxy groups -OCH3 is 1. The first kappa shape index (κ1) is 9.47. The first-order chi connectivity index (χ1) is 7.27. The second-order valence-electron chi connectivity index (χ2n) is 3.10. The van der Waals surface area contributed by atoms with Gasteiger partial charge in [-0.3, -0.25) is 0 Å². The van der Waals surface area contributed by atoms with Crippen molar-refractivity contribution in [3.8, 4) is 11.8 Å². The molecule has 0 radical (unpaired) electrons. The molecule has 2 rings (SSSR count). The minimum Gasteiger partial charge on any atom is -0.495 e. The van der Waals surface area contributed by atoms with E-state index in [1.165, 1.54) is 13.2 Å². The normalized spacial score (nSPS) is 9.93. The van der Waals surface area contributed by atoms with E-state index in [1.54, 1.807) is 24.3 Å². The smallest absolute Gasteiger partial charge is 0.144 e. The Morgan fingerprint density at radius 2 is 1.93 bits per heavy atom. The highest BCUT2D eigenvalue weighted by atomic mass is 19.1. The van der Waals surface area contributed by atoms with E-state index in [2.05, 4.69) is 0 Å². The van der Waals surface area contributed by atoms with Crippen LogP contribution in [0.4, 0.5) is 4.39 Å². The lowest BCUT2D eigenvalue weighted by Gasteiger charge is -2.07. The minimum absolute atomic E-state index is 0.216. The molecule has 0 aliphatic rings. The fourth-order valence-electron chi connectivity index (χ4n) is 1.61. The Balaban J connectivity index is 2.93. The van der Waals surface area contributed by atoms with E-state index in [-0.39, 0.29) is 5.56 Å². The van der Waals surface area contributed by atoms with Crippen LogP contribution in [0.15, 0.2) is 30.3 Å². The van der Waals surface area contributed by atoms with Gasteiger partial charge in [0.1, 0.15) is 17.6 Å². The van der Waals surface area contributed by atoms with E-state index >= 15 is 0 Å². The summed E-state index contributed by atoms with van der Waals surface area (Å²) >= 11 is 0. The number of nitrogens with zero attached hydrogens (tertiary/aromatic N) is 1. The molecule has 0 bridgehead atoms. The van der Waals surface area contributed by atoms with Crippen LogP contribution < -0.4 is 4.74 Å². The number of ether oxygens (including phenoxy) is 1. The number of hydrogen-bond donors (Lipinski definition) is 0. The molecular weight excluding hydrogens is 193 g/mol. The zero-order valence-corrected chi connectivity index (χ0v) is 8.12. The number of nitriles is 1. The Kier molecular flexibility index (Phi) is 2.26. The van der Waals surface area contributed by atoms with Gasteiger partial charge in [-0.25, -0.2) is 4.39 Å². The van der Waals surface area contributed by atoms with Crippen LogP contribution >= 0.6 is 0 Å².